The van der Waals surface area contributed by atoms with Gasteiger partial charge in [-0.15, -0.1) is 10.2 Å². The number of aryl methyl sites for hydroxylation is 1. The number of tetrazole rings is 1. The van der Waals surface area contributed by atoms with E-state index < -0.39 is 0 Å². The molecule has 4 rings (SSSR count). The Morgan fingerprint density at radius 3 is 2.31 bits per heavy atom. The molecule has 0 bridgehead atoms. The van der Waals surface area contributed by atoms with Gasteiger partial charge in [-0.05, 0) is 47.5 Å². The van der Waals surface area contributed by atoms with Crippen molar-refractivity contribution < 1.29 is 4.74 Å². The van der Waals surface area contributed by atoms with Crippen LogP contribution >= 0.6 is 0 Å². The van der Waals surface area contributed by atoms with Crippen LogP contribution in [0.2, 0.25) is 0 Å². The van der Waals surface area contributed by atoms with Crippen molar-refractivity contribution in [2.75, 3.05) is 7.11 Å². The van der Waals surface area contributed by atoms with Gasteiger partial charge in [-0.2, -0.15) is 0 Å². The topological polar surface area (TPSA) is 105 Å². The molecule has 8 nitrogen and oxygen atoms in total. The average Bonchev–Trinajstić information content (AvgIpc) is 3.36. The molecule has 2 N–H and O–H groups in total. The highest BCUT2D eigenvalue weighted by molar-refractivity contribution is 5.79. The van der Waals surface area contributed by atoms with Gasteiger partial charge < -0.3 is 4.74 Å². The van der Waals surface area contributed by atoms with Crippen molar-refractivity contribution in [3.63, 3.8) is 0 Å². The van der Waals surface area contributed by atoms with Gasteiger partial charge in [0.25, 0.3) is 0 Å². The van der Waals surface area contributed by atoms with Crippen LogP contribution in [0, 0.1) is 13.8 Å². The Bertz CT molecular complexity index is 1040. The minimum absolute atomic E-state index is 0.624. The number of ether oxygens (including phenoxy) is 1. The van der Waals surface area contributed by atoms with Crippen molar-refractivity contribution in [2.45, 2.75) is 13.8 Å². The minimum Gasteiger partial charge on any atom is -0.496 e. The molecule has 130 valence electrons. The predicted molar refractivity (Wildman–Crippen MR) is 96.5 cm³/mol. The van der Waals surface area contributed by atoms with Crippen LogP contribution in [-0.4, -0.2) is 43.1 Å². The SMILES string of the molecule is COc1cc(-c2nn[nH]c2-c2ccc(-c3nnn[nH]3)cc2)cc(C)c1C. The third kappa shape index (κ3) is 2.71. The maximum Gasteiger partial charge on any atom is 0.179 e. The van der Waals surface area contributed by atoms with Crippen molar-refractivity contribution in [2.24, 2.45) is 0 Å². The molecule has 8 heteroatoms. The lowest BCUT2D eigenvalue weighted by Crippen LogP contribution is -1.93. The molecule has 0 aliphatic carbocycles. The first-order valence-corrected chi connectivity index (χ1v) is 8.08. The molecular formula is C18H17N7O. The van der Waals surface area contributed by atoms with Crippen LogP contribution in [0.3, 0.4) is 0 Å². The highest BCUT2D eigenvalue weighted by Crippen LogP contribution is 2.33. The maximum atomic E-state index is 5.49. The van der Waals surface area contributed by atoms with Gasteiger partial charge >= 0.3 is 0 Å². The minimum atomic E-state index is 0.624. The van der Waals surface area contributed by atoms with Gasteiger partial charge in [0.05, 0.1) is 12.8 Å². The summed E-state index contributed by atoms with van der Waals surface area (Å²) in [7, 11) is 1.67. The largest absolute Gasteiger partial charge is 0.496 e. The van der Waals surface area contributed by atoms with E-state index in [0.717, 1.165) is 45.0 Å². The van der Waals surface area contributed by atoms with Gasteiger partial charge in [0, 0.05) is 16.7 Å². The van der Waals surface area contributed by atoms with E-state index >= 15 is 0 Å². The monoisotopic (exact) mass is 347 g/mol. The molecule has 0 spiro atoms. The van der Waals surface area contributed by atoms with Gasteiger partial charge in [-0.1, -0.05) is 29.5 Å². The Morgan fingerprint density at radius 1 is 0.846 bits per heavy atom. The van der Waals surface area contributed by atoms with Crippen molar-refractivity contribution >= 4 is 0 Å². The van der Waals surface area contributed by atoms with Crippen LogP contribution in [0.4, 0.5) is 0 Å². The predicted octanol–water partition coefficient (Wildman–Crippen LogP) is 2.94. The fraction of sp³-hybridized carbons (Fsp3) is 0.167. The van der Waals surface area contributed by atoms with Crippen LogP contribution in [0.25, 0.3) is 33.9 Å². The number of nitrogens with one attached hydrogen (secondary N) is 2. The molecule has 26 heavy (non-hydrogen) atoms. The number of H-pyrrole nitrogens is 2. The molecule has 0 saturated heterocycles. The van der Waals surface area contributed by atoms with E-state index in [2.05, 4.69) is 49.0 Å². The zero-order valence-electron chi connectivity index (χ0n) is 14.6. The number of methoxy groups -OCH3 is 1. The van der Waals surface area contributed by atoms with Gasteiger partial charge in [0.1, 0.15) is 11.4 Å². The second-order valence-corrected chi connectivity index (χ2v) is 5.98. The normalized spacial score (nSPS) is 10.9. The molecular weight excluding hydrogens is 330 g/mol. The number of hydrogen-bond acceptors (Lipinski definition) is 6. The molecule has 0 aliphatic rings. The first-order chi connectivity index (χ1) is 12.7. The lowest BCUT2D eigenvalue weighted by molar-refractivity contribution is 0.411. The zero-order valence-corrected chi connectivity index (χ0v) is 14.6. The number of aromatic amines is 2. The fourth-order valence-electron chi connectivity index (χ4n) is 2.88. The summed E-state index contributed by atoms with van der Waals surface area (Å²) in [6.45, 7) is 4.10. The second-order valence-electron chi connectivity index (χ2n) is 5.98. The van der Waals surface area contributed by atoms with E-state index in [-0.39, 0.29) is 0 Å². The Morgan fingerprint density at radius 2 is 1.62 bits per heavy atom. The molecule has 0 radical (unpaired) electrons. The van der Waals surface area contributed by atoms with Crippen molar-refractivity contribution in [3.8, 4) is 39.7 Å². The highest BCUT2D eigenvalue weighted by atomic mass is 16.5. The third-order valence-corrected chi connectivity index (χ3v) is 4.45. The maximum absolute atomic E-state index is 5.49. The Kier molecular flexibility index (Phi) is 3.92. The summed E-state index contributed by atoms with van der Waals surface area (Å²) in [4.78, 5) is 0. The molecule has 0 amide bonds. The van der Waals surface area contributed by atoms with E-state index in [0.29, 0.717) is 5.82 Å². The van der Waals surface area contributed by atoms with Crippen molar-refractivity contribution in [1.29, 1.82) is 0 Å². The standard InChI is InChI=1S/C18H17N7O/c1-10-8-14(9-15(26-3)11(10)2)17-16(19-23-20-17)12-4-6-13(7-5-12)18-21-24-25-22-18/h4-9H,1-3H3,(H,19,20,23)(H,21,22,24,25). The summed E-state index contributed by atoms with van der Waals surface area (Å²) < 4.78 is 5.49. The van der Waals surface area contributed by atoms with Crippen molar-refractivity contribution in [1.82, 2.24) is 36.0 Å². The van der Waals surface area contributed by atoms with Gasteiger partial charge in [0.2, 0.25) is 0 Å². The second kappa shape index (κ2) is 6.40. The summed E-state index contributed by atoms with van der Waals surface area (Å²) in [5.41, 5.74) is 6.71. The molecule has 2 aromatic heterocycles. The molecule has 0 fully saturated rings. The van der Waals surface area contributed by atoms with Crippen LogP contribution in [0.15, 0.2) is 36.4 Å². The first kappa shape index (κ1) is 15.9. The summed E-state index contributed by atoms with van der Waals surface area (Å²) in [5, 5.41) is 25.1. The number of rotatable bonds is 4. The van der Waals surface area contributed by atoms with Gasteiger partial charge in [-0.25, -0.2) is 5.10 Å². The molecule has 0 aliphatic heterocycles. The van der Waals surface area contributed by atoms with Crippen molar-refractivity contribution in [3.05, 3.63) is 47.5 Å². The molecule has 0 saturated carbocycles. The smallest absolute Gasteiger partial charge is 0.179 e. The van der Waals surface area contributed by atoms with Crippen LogP contribution in [-0.2, 0) is 0 Å². The first-order valence-electron chi connectivity index (χ1n) is 8.08. The lowest BCUT2D eigenvalue weighted by atomic mass is 9.99. The molecule has 2 aromatic carbocycles. The molecule has 4 aromatic rings. The summed E-state index contributed by atoms with van der Waals surface area (Å²) >= 11 is 0. The average molecular weight is 347 g/mol. The lowest BCUT2D eigenvalue weighted by Gasteiger charge is -2.10. The number of aromatic nitrogens is 7. The van der Waals surface area contributed by atoms with Gasteiger partial charge in [-0.3, -0.25) is 5.10 Å². The van der Waals surface area contributed by atoms with E-state index in [1.54, 1.807) is 7.11 Å². The highest BCUT2D eigenvalue weighted by Gasteiger charge is 2.15. The zero-order chi connectivity index (χ0) is 18.1. The van der Waals surface area contributed by atoms with E-state index in [9.17, 15) is 0 Å². The third-order valence-electron chi connectivity index (χ3n) is 4.45. The molecule has 0 atom stereocenters. The van der Waals surface area contributed by atoms with Gasteiger partial charge in [0.15, 0.2) is 5.82 Å². The van der Waals surface area contributed by atoms with Crippen LogP contribution < -0.4 is 4.74 Å². The van der Waals surface area contributed by atoms with Crippen LogP contribution in [0.5, 0.6) is 5.75 Å². The molecule has 0 unspecified atom stereocenters. The number of hydrogen-bond donors (Lipinski definition) is 2. The number of nitrogens with zero attached hydrogens (tertiary/aromatic N) is 5. The summed E-state index contributed by atoms with van der Waals surface area (Å²) in [6, 6.07) is 11.9. The fourth-order valence-corrected chi connectivity index (χ4v) is 2.88. The Hall–Kier alpha value is -3.55. The molecule has 2 heterocycles. The summed E-state index contributed by atoms with van der Waals surface area (Å²) in [6.07, 6.45) is 0. The number of benzene rings is 2. The van der Waals surface area contributed by atoms with E-state index in [4.69, 9.17) is 4.74 Å². The van der Waals surface area contributed by atoms with Crippen LogP contribution in [0.1, 0.15) is 11.1 Å². The Labute approximate surface area is 149 Å². The summed E-state index contributed by atoms with van der Waals surface area (Å²) in [5.74, 6) is 1.46. The van der Waals surface area contributed by atoms with E-state index in [1.165, 1.54) is 0 Å². The quantitative estimate of drug-likeness (QED) is 0.588. The Balaban J connectivity index is 1.75. The van der Waals surface area contributed by atoms with E-state index in [1.807, 2.05) is 37.3 Å².